The average Bonchev–Trinajstić information content (AvgIpc) is 2.74. The summed E-state index contributed by atoms with van der Waals surface area (Å²) in [7, 11) is 0. The number of nitrogens with two attached hydrogens (primary N) is 1. The van der Waals surface area contributed by atoms with Crippen LogP contribution in [0.2, 0.25) is 0 Å². The Kier molecular flexibility index (Phi) is 4.47. The van der Waals surface area contributed by atoms with Crippen molar-refractivity contribution in [2.24, 2.45) is 5.73 Å². The maximum Gasteiger partial charge on any atom is 0.257 e. The number of carbonyl (C=O) groups excluding carboxylic acids is 1. The van der Waals surface area contributed by atoms with E-state index >= 15 is 0 Å². The van der Waals surface area contributed by atoms with Crippen molar-refractivity contribution >= 4 is 21.8 Å². The van der Waals surface area contributed by atoms with Gasteiger partial charge in [0, 0.05) is 23.6 Å². The van der Waals surface area contributed by atoms with Crippen molar-refractivity contribution < 1.29 is 9.53 Å². The van der Waals surface area contributed by atoms with E-state index in [1.807, 2.05) is 26.0 Å². The molecule has 5 heteroatoms. The average molecular weight is 327 g/mol. The van der Waals surface area contributed by atoms with Gasteiger partial charge in [-0.05, 0) is 38.5 Å². The first-order valence-corrected chi connectivity index (χ1v) is 7.27. The lowest BCUT2D eigenvalue weighted by atomic mass is 10.1. The van der Waals surface area contributed by atoms with E-state index in [4.69, 9.17) is 10.5 Å². The number of likely N-dealkylation sites (tertiary alicyclic amines) is 1. The maximum absolute atomic E-state index is 12.5. The maximum atomic E-state index is 12.5. The molecule has 4 nitrogen and oxygen atoms in total. The molecule has 2 N–H and O–H groups in total. The Labute approximate surface area is 122 Å². The number of hydrogen-bond acceptors (Lipinski definition) is 3. The van der Waals surface area contributed by atoms with Crippen LogP contribution >= 0.6 is 15.9 Å². The van der Waals surface area contributed by atoms with Crippen molar-refractivity contribution in [2.45, 2.75) is 32.4 Å². The highest BCUT2D eigenvalue weighted by atomic mass is 79.9. The molecule has 2 rings (SSSR count). The summed E-state index contributed by atoms with van der Waals surface area (Å²) in [6.07, 6.45) is 0.893. The van der Waals surface area contributed by atoms with Crippen LogP contribution in [0.1, 0.15) is 30.6 Å². The van der Waals surface area contributed by atoms with Gasteiger partial charge in [0.05, 0.1) is 11.7 Å². The number of rotatable bonds is 3. The predicted octanol–water partition coefficient (Wildman–Crippen LogP) is 2.41. The molecule has 1 fully saturated rings. The van der Waals surface area contributed by atoms with Crippen LogP contribution in [-0.2, 0) is 0 Å². The molecule has 0 spiro atoms. The molecule has 0 aliphatic carbocycles. The molecule has 1 aliphatic rings. The smallest absolute Gasteiger partial charge is 0.257 e. The highest BCUT2D eigenvalue weighted by Crippen LogP contribution is 2.27. The summed E-state index contributed by atoms with van der Waals surface area (Å²) < 4.78 is 6.63. The zero-order chi connectivity index (χ0) is 14.0. The quantitative estimate of drug-likeness (QED) is 0.928. The first-order valence-electron chi connectivity index (χ1n) is 6.48. The van der Waals surface area contributed by atoms with Crippen molar-refractivity contribution in [3.63, 3.8) is 0 Å². The van der Waals surface area contributed by atoms with Crippen LogP contribution in [0.3, 0.4) is 0 Å². The molecular formula is C14H19BrN2O2. The zero-order valence-electron chi connectivity index (χ0n) is 11.2. The molecule has 0 unspecified atom stereocenters. The van der Waals surface area contributed by atoms with Crippen LogP contribution in [0.4, 0.5) is 0 Å². The molecule has 19 heavy (non-hydrogen) atoms. The van der Waals surface area contributed by atoms with E-state index in [0.717, 1.165) is 17.4 Å². The number of halogens is 1. The fourth-order valence-corrected chi connectivity index (χ4v) is 2.51. The van der Waals surface area contributed by atoms with E-state index in [1.165, 1.54) is 0 Å². The second-order valence-electron chi connectivity index (χ2n) is 5.11. The molecule has 1 heterocycles. The van der Waals surface area contributed by atoms with Crippen LogP contribution in [0.15, 0.2) is 22.7 Å². The number of benzene rings is 1. The molecule has 0 saturated carbocycles. The molecule has 1 saturated heterocycles. The summed E-state index contributed by atoms with van der Waals surface area (Å²) in [6, 6.07) is 5.59. The van der Waals surface area contributed by atoms with E-state index in [1.54, 1.807) is 11.0 Å². The molecule has 104 valence electrons. The lowest BCUT2D eigenvalue weighted by Crippen LogP contribution is -2.32. The molecule has 1 aromatic carbocycles. The van der Waals surface area contributed by atoms with Crippen molar-refractivity contribution in [1.29, 1.82) is 0 Å². The van der Waals surface area contributed by atoms with E-state index in [2.05, 4.69) is 15.9 Å². The van der Waals surface area contributed by atoms with Gasteiger partial charge in [0.15, 0.2) is 0 Å². The molecular weight excluding hydrogens is 308 g/mol. The number of hydrogen-bond donors (Lipinski definition) is 1. The first-order chi connectivity index (χ1) is 8.97. The highest BCUT2D eigenvalue weighted by Gasteiger charge is 2.26. The number of carbonyl (C=O) groups is 1. The summed E-state index contributed by atoms with van der Waals surface area (Å²) in [5.41, 5.74) is 6.45. The second kappa shape index (κ2) is 5.92. The Morgan fingerprint density at radius 1 is 1.53 bits per heavy atom. The van der Waals surface area contributed by atoms with Gasteiger partial charge in [-0.2, -0.15) is 0 Å². The molecule has 1 atom stereocenters. The standard InChI is InChI=1S/C14H19BrN2O2/c1-9(2)19-13-7-10(15)3-4-12(13)14(18)17-6-5-11(16)8-17/h3-4,7,9,11H,5-6,8,16H2,1-2H3/t11-/m0/s1. The minimum absolute atomic E-state index is 0.00361. The fourth-order valence-electron chi connectivity index (χ4n) is 2.17. The summed E-state index contributed by atoms with van der Waals surface area (Å²) >= 11 is 3.40. The van der Waals surface area contributed by atoms with Gasteiger partial charge in [0.2, 0.25) is 0 Å². The topological polar surface area (TPSA) is 55.6 Å². The van der Waals surface area contributed by atoms with Crippen molar-refractivity contribution in [3.05, 3.63) is 28.2 Å². The Morgan fingerprint density at radius 3 is 2.84 bits per heavy atom. The van der Waals surface area contributed by atoms with Crippen molar-refractivity contribution in [2.75, 3.05) is 13.1 Å². The van der Waals surface area contributed by atoms with Gasteiger partial charge in [-0.1, -0.05) is 15.9 Å². The van der Waals surface area contributed by atoms with Crippen LogP contribution in [0.5, 0.6) is 5.75 Å². The molecule has 0 radical (unpaired) electrons. The number of amides is 1. The number of nitrogens with zero attached hydrogens (tertiary/aromatic N) is 1. The normalized spacial score (nSPS) is 19.0. The minimum atomic E-state index is -0.00361. The van der Waals surface area contributed by atoms with E-state index < -0.39 is 0 Å². The second-order valence-corrected chi connectivity index (χ2v) is 6.02. The minimum Gasteiger partial charge on any atom is -0.490 e. The van der Waals surface area contributed by atoms with Crippen LogP contribution < -0.4 is 10.5 Å². The lowest BCUT2D eigenvalue weighted by molar-refractivity contribution is 0.0784. The van der Waals surface area contributed by atoms with Gasteiger partial charge >= 0.3 is 0 Å². The van der Waals surface area contributed by atoms with Gasteiger partial charge in [-0.25, -0.2) is 0 Å². The molecule has 1 amide bonds. The molecule has 0 bridgehead atoms. The van der Waals surface area contributed by atoms with E-state index in [9.17, 15) is 4.79 Å². The Morgan fingerprint density at radius 2 is 2.26 bits per heavy atom. The molecule has 1 aromatic rings. The van der Waals surface area contributed by atoms with Crippen molar-refractivity contribution in [3.8, 4) is 5.75 Å². The largest absolute Gasteiger partial charge is 0.490 e. The molecule has 0 aromatic heterocycles. The Hall–Kier alpha value is -1.07. The van der Waals surface area contributed by atoms with Gasteiger partial charge in [0.25, 0.3) is 5.91 Å². The highest BCUT2D eigenvalue weighted by molar-refractivity contribution is 9.10. The third kappa shape index (κ3) is 3.48. The van der Waals surface area contributed by atoms with Gasteiger partial charge in [-0.3, -0.25) is 4.79 Å². The number of ether oxygens (including phenoxy) is 1. The van der Waals surface area contributed by atoms with E-state index in [0.29, 0.717) is 17.9 Å². The van der Waals surface area contributed by atoms with Crippen LogP contribution in [0.25, 0.3) is 0 Å². The van der Waals surface area contributed by atoms with Gasteiger partial charge < -0.3 is 15.4 Å². The summed E-state index contributed by atoms with van der Waals surface area (Å²) in [5, 5.41) is 0. The van der Waals surface area contributed by atoms with E-state index in [-0.39, 0.29) is 18.1 Å². The third-order valence-corrected chi connectivity index (χ3v) is 3.54. The van der Waals surface area contributed by atoms with Crippen LogP contribution in [-0.4, -0.2) is 36.0 Å². The third-order valence-electron chi connectivity index (χ3n) is 3.05. The lowest BCUT2D eigenvalue weighted by Gasteiger charge is -2.19. The van der Waals surface area contributed by atoms with Gasteiger partial charge in [-0.15, -0.1) is 0 Å². The summed E-state index contributed by atoms with van der Waals surface area (Å²) in [5.74, 6) is 0.617. The molecule has 1 aliphatic heterocycles. The predicted molar refractivity (Wildman–Crippen MR) is 78.4 cm³/mol. The Balaban J connectivity index is 2.25. The monoisotopic (exact) mass is 326 g/mol. The summed E-state index contributed by atoms with van der Waals surface area (Å²) in [6.45, 7) is 5.23. The van der Waals surface area contributed by atoms with Crippen LogP contribution in [0, 0.1) is 0 Å². The SMILES string of the molecule is CC(C)Oc1cc(Br)ccc1C(=O)N1CC[C@H](N)C1. The fraction of sp³-hybridized carbons (Fsp3) is 0.500. The zero-order valence-corrected chi connectivity index (χ0v) is 12.8. The Bertz CT molecular complexity index is 477. The van der Waals surface area contributed by atoms with Gasteiger partial charge in [0.1, 0.15) is 5.75 Å². The first kappa shape index (κ1) is 14.3. The van der Waals surface area contributed by atoms with Crippen molar-refractivity contribution in [1.82, 2.24) is 4.90 Å². The summed E-state index contributed by atoms with van der Waals surface area (Å²) in [4.78, 5) is 14.3.